The van der Waals surface area contributed by atoms with Gasteiger partial charge in [0.2, 0.25) is 0 Å². The Labute approximate surface area is 72.4 Å². The highest BCUT2D eigenvalue weighted by atomic mass is 15.2. The number of nitrogens with two attached hydrogens (primary N) is 1. The van der Waals surface area contributed by atoms with E-state index in [4.69, 9.17) is 5.73 Å². The van der Waals surface area contributed by atoms with Crippen LogP contribution in [0.4, 0.5) is 5.82 Å². The van der Waals surface area contributed by atoms with Crippen molar-refractivity contribution in [1.82, 2.24) is 10.2 Å². The number of nitrogens with zero attached hydrogens (tertiary/aromatic N) is 1. The Morgan fingerprint density at radius 1 is 1.58 bits per heavy atom. The first-order valence-electron chi connectivity index (χ1n) is 4.65. The third-order valence-electron chi connectivity index (χ3n) is 2.80. The molecule has 2 rings (SSSR count). The molecule has 1 saturated carbocycles. The van der Waals surface area contributed by atoms with E-state index in [9.17, 15) is 0 Å². The zero-order valence-electron chi connectivity index (χ0n) is 7.43. The van der Waals surface area contributed by atoms with Crippen molar-refractivity contribution in [3.63, 3.8) is 0 Å². The zero-order chi connectivity index (χ0) is 8.55. The van der Waals surface area contributed by atoms with E-state index in [1.165, 1.54) is 30.5 Å². The first-order valence-corrected chi connectivity index (χ1v) is 4.65. The van der Waals surface area contributed by atoms with Crippen LogP contribution in [0, 0.1) is 0 Å². The van der Waals surface area contributed by atoms with Crippen molar-refractivity contribution in [3.8, 4) is 0 Å². The Bertz CT molecular complexity index is 273. The number of H-pyrrole nitrogens is 1. The summed E-state index contributed by atoms with van der Waals surface area (Å²) < 4.78 is 0. The molecule has 0 spiro atoms. The van der Waals surface area contributed by atoms with E-state index < -0.39 is 0 Å². The quantitative estimate of drug-likeness (QED) is 0.702. The second kappa shape index (κ2) is 2.81. The van der Waals surface area contributed by atoms with Gasteiger partial charge in [-0.15, -0.1) is 0 Å². The van der Waals surface area contributed by atoms with Crippen LogP contribution in [-0.4, -0.2) is 10.2 Å². The summed E-state index contributed by atoms with van der Waals surface area (Å²) >= 11 is 0. The Hall–Kier alpha value is -0.990. The minimum absolute atomic E-state index is 0.694. The molecule has 66 valence electrons. The maximum Gasteiger partial charge on any atom is 0.148 e. The number of aromatic amines is 1. The minimum Gasteiger partial charge on any atom is -0.382 e. The van der Waals surface area contributed by atoms with E-state index in [0.717, 1.165) is 6.42 Å². The average Bonchev–Trinajstić information content (AvgIpc) is 2.29. The standard InChI is InChI=1S/C9H15N3/c1-2-7-8(6-4-3-5-6)11-12-9(7)10/h6H,2-5H2,1H3,(H3,10,11,12). The van der Waals surface area contributed by atoms with Gasteiger partial charge in [-0.25, -0.2) is 0 Å². The van der Waals surface area contributed by atoms with Crippen molar-refractivity contribution < 1.29 is 0 Å². The van der Waals surface area contributed by atoms with Gasteiger partial charge in [-0.1, -0.05) is 13.3 Å². The van der Waals surface area contributed by atoms with Crippen LogP contribution in [0.3, 0.4) is 0 Å². The summed E-state index contributed by atoms with van der Waals surface area (Å²) in [6.45, 7) is 2.13. The summed E-state index contributed by atoms with van der Waals surface area (Å²) in [6, 6.07) is 0. The van der Waals surface area contributed by atoms with Gasteiger partial charge in [0.05, 0.1) is 0 Å². The summed E-state index contributed by atoms with van der Waals surface area (Å²) in [6.07, 6.45) is 4.95. The molecule has 0 radical (unpaired) electrons. The minimum atomic E-state index is 0.694. The maximum absolute atomic E-state index is 5.73. The second-order valence-electron chi connectivity index (χ2n) is 3.48. The molecule has 1 aliphatic carbocycles. The van der Waals surface area contributed by atoms with Crippen LogP contribution in [0.15, 0.2) is 0 Å². The second-order valence-corrected chi connectivity index (χ2v) is 3.48. The molecule has 0 aliphatic heterocycles. The average molecular weight is 165 g/mol. The highest BCUT2D eigenvalue weighted by molar-refractivity contribution is 5.43. The van der Waals surface area contributed by atoms with Crippen LogP contribution in [0.5, 0.6) is 0 Å². The first kappa shape index (κ1) is 7.65. The van der Waals surface area contributed by atoms with E-state index in [1.807, 2.05) is 0 Å². The van der Waals surface area contributed by atoms with Crippen molar-refractivity contribution in [2.75, 3.05) is 5.73 Å². The number of nitrogen functional groups attached to an aromatic ring is 1. The molecule has 0 amide bonds. The van der Waals surface area contributed by atoms with Gasteiger partial charge in [0.1, 0.15) is 5.82 Å². The molecule has 12 heavy (non-hydrogen) atoms. The highest BCUT2D eigenvalue weighted by Gasteiger charge is 2.24. The van der Waals surface area contributed by atoms with Crippen molar-refractivity contribution in [2.24, 2.45) is 0 Å². The molecule has 0 atom stereocenters. The third-order valence-corrected chi connectivity index (χ3v) is 2.80. The number of hydrogen-bond donors (Lipinski definition) is 2. The van der Waals surface area contributed by atoms with Crippen molar-refractivity contribution in [1.29, 1.82) is 0 Å². The molecule has 0 unspecified atom stereocenters. The molecule has 1 aromatic heterocycles. The predicted octanol–water partition coefficient (Wildman–Crippen LogP) is 1.82. The summed E-state index contributed by atoms with van der Waals surface area (Å²) in [5.74, 6) is 1.41. The van der Waals surface area contributed by atoms with Crippen LogP contribution >= 0.6 is 0 Å². The fourth-order valence-electron chi connectivity index (χ4n) is 1.80. The Morgan fingerprint density at radius 3 is 2.83 bits per heavy atom. The van der Waals surface area contributed by atoms with E-state index in [1.54, 1.807) is 0 Å². The topological polar surface area (TPSA) is 54.7 Å². The van der Waals surface area contributed by atoms with E-state index in [2.05, 4.69) is 17.1 Å². The fourth-order valence-corrected chi connectivity index (χ4v) is 1.80. The summed E-state index contributed by atoms with van der Waals surface area (Å²) in [7, 11) is 0. The van der Waals surface area contributed by atoms with Gasteiger partial charge in [0.15, 0.2) is 0 Å². The molecule has 3 N–H and O–H groups in total. The van der Waals surface area contributed by atoms with Crippen LogP contribution in [0.25, 0.3) is 0 Å². The Morgan fingerprint density at radius 2 is 2.33 bits per heavy atom. The van der Waals surface area contributed by atoms with Gasteiger partial charge < -0.3 is 5.73 Å². The molecular formula is C9H15N3. The Kier molecular flexibility index (Phi) is 1.79. The predicted molar refractivity (Wildman–Crippen MR) is 49.0 cm³/mol. The van der Waals surface area contributed by atoms with Crippen LogP contribution < -0.4 is 5.73 Å². The van der Waals surface area contributed by atoms with Gasteiger partial charge in [-0.05, 0) is 19.3 Å². The van der Waals surface area contributed by atoms with Crippen molar-refractivity contribution >= 4 is 5.82 Å². The van der Waals surface area contributed by atoms with Gasteiger partial charge in [0, 0.05) is 17.2 Å². The van der Waals surface area contributed by atoms with Crippen LogP contribution in [0.1, 0.15) is 43.4 Å². The van der Waals surface area contributed by atoms with Gasteiger partial charge in [0.25, 0.3) is 0 Å². The third kappa shape index (κ3) is 1.00. The molecule has 3 heteroatoms. The number of nitrogens with one attached hydrogen (secondary N) is 1. The normalized spacial score (nSPS) is 17.8. The first-order chi connectivity index (χ1) is 5.83. The lowest BCUT2D eigenvalue weighted by Crippen LogP contribution is -2.11. The lowest BCUT2D eigenvalue weighted by molar-refractivity contribution is 0.408. The summed E-state index contributed by atoms with van der Waals surface area (Å²) in [5.41, 5.74) is 8.25. The highest BCUT2D eigenvalue weighted by Crippen LogP contribution is 2.38. The Balaban J connectivity index is 2.29. The smallest absolute Gasteiger partial charge is 0.148 e. The monoisotopic (exact) mass is 165 g/mol. The molecule has 0 saturated heterocycles. The SMILES string of the molecule is CCc1c(N)n[nH]c1C1CCC1. The lowest BCUT2D eigenvalue weighted by atomic mass is 9.81. The molecular weight excluding hydrogens is 150 g/mol. The molecule has 1 heterocycles. The van der Waals surface area contributed by atoms with Crippen molar-refractivity contribution in [3.05, 3.63) is 11.3 Å². The molecule has 0 bridgehead atoms. The van der Waals surface area contributed by atoms with E-state index >= 15 is 0 Å². The van der Waals surface area contributed by atoms with E-state index in [0.29, 0.717) is 11.7 Å². The fraction of sp³-hybridized carbons (Fsp3) is 0.667. The molecule has 1 aromatic rings. The summed E-state index contributed by atoms with van der Waals surface area (Å²) in [5, 5.41) is 7.09. The number of rotatable bonds is 2. The number of anilines is 1. The zero-order valence-corrected chi connectivity index (χ0v) is 7.43. The molecule has 0 aromatic carbocycles. The molecule has 1 fully saturated rings. The van der Waals surface area contributed by atoms with Gasteiger partial charge in [-0.3, -0.25) is 5.10 Å². The van der Waals surface area contributed by atoms with Gasteiger partial charge >= 0.3 is 0 Å². The molecule has 3 nitrogen and oxygen atoms in total. The number of aromatic nitrogens is 2. The van der Waals surface area contributed by atoms with E-state index in [-0.39, 0.29) is 0 Å². The lowest BCUT2D eigenvalue weighted by Gasteiger charge is -2.24. The van der Waals surface area contributed by atoms with Crippen molar-refractivity contribution in [2.45, 2.75) is 38.5 Å². The van der Waals surface area contributed by atoms with Crippen LogP contribution in [0.2, 0.25) is 0 Å². The van der Waals surface area contributed by atoms with Gasteiger partial charge in [-0.2, -0.15) is 5.10 Å². The molecule has 1 aliphatic rings. The summed E-state index contributed by atoms with van der Waals surface area (Å²) in [4.78, 5) is 0. The number of hydrogen-bond acceptors (Lipinski definition) is 2. The van der Waals surface area contributed by atoms with Crippen LogP contribution in [-0.2, 0) is 6.42 Å². The largest absolute Gasteiger partial charge is 0.382 e. The maximum atomic E-state index is 5.73.